The maximum atomic E-state index is 12.8. The normalized spacial score (nSPS) is 21.5. The Morgan fingerprint density at radius 3 is 2.50 bits per heavy atom. The summed E-state index contributed by atoms with van der Waals surface area (Å²) >= 11 is 0. The highest BCUT2D eigenvalue weighted by atomic mass is 19.4. The van der Waals surface area contributed by atoms with Gasteiger partial charge >= 0.3 is 12.2 Å². The summed E-state index contributed by atoms with van der Waals surface area (Å²) in [7, 11) is 0. The summed E-state index contributed by atoms with van der Waals surface area (Å²) in [4.78, 5) is 29.1. The number of nitrogens with one attached hydrogen (secondary N) is 3. The second kappa shape index (κ2) is 11.5. The maximum Gasteiger partial charge on any atom is 0.416 e. The van der Waals surface area contributed by atoms with Crippen LogP contribution in [0.15, 0.2) is 67.0 Å². The number of alkyl halides is 3. The van der Waals surface area contributed by atoms with E-state index in [0.29, 0.717) is 24.4 Å². The van der Waals surface area contributed by atoms with Crippen LogP contribution in [0.1, 0.15) is 35.4 Å². The van der Waals surface area contributed by atoms with Gasteiger partial charge in [0.1, 0.15) is 18.0 Å². The minimum absolute atomic E-state index is 0.1000. The lowest BCUT2D eigenvalue weighted by atomic mass is 9.84. The van der Waals surface area contributed by atoms with Crippen molar-refractivity contribution in [3.8, 4) is 5.75 Å². The number of halogens is 3. The third kappa shape index (κ3) is 6.35. The molecule has 0 bridgehead atoms. The fourth-order valence-electron chi connectivity index (χ4n) is 4.99. The number of carbonyl (C=O) groups is 2. The first kappa shape index (κ1) is 27.4. The fraction of sp³-hybridized carbons (Fsp3) is 0.321. The molecule has 3 amide bonds. The van der Waals surface area contributed by atoms with Gasteiger partial charge in [-0.1, -0.05) is 6.07 Å². The van der Waals surface area contributed by atoms with Crippen LogP contribution in [0.25, 0.3) is 0 Å². The van der Waals surface area contributed by atoms with Crippen molar-refractivity contribution >= 4 is 23.3 Å². The molecule has 1 aromatic heterocycles. The Morgan fingerprint density at radius 1 is 1.05 bits per heavy atom. The molecule has 2 aliphatic rings. The number of urea groups is 1. The van der Waals surface area contributed by atoms with Crippen LogP contribution in [0.2, 0.25) is 0 Å². The number of hydrogen-bond acceptors (Lipinski definition) is 6. The molecule has 0 spiro atoms. The van der Waals surface area contributed by atoms with E-state index in [1.54, 1.807) is 36.7 Å². The van der Waals surface area contributed by atoms with E-state index in [4.69, 9.17) is 9.47 Å². The fourth-order valence-corrected chi connectivity index (χ4v) is 4.99. The first-order chi connectivity index (χ1) is 19.2. The van der Waals surface area contributed by atoms with E-state index in [2.05, 4.69) is 20.9 Å². The minimum atomic E-state index is -4.47. The average molecular weight is 557 g/mol. The third-order valence-electron chi connectivity index (χ3n) is 6.85. The van der Waals surface area contributed by atoms with Gasteiger partial charge in [0.05, 0.1) is 24.7 Å². The van der Waals surface area contributed by atoms with Crippen LogP contribution in [-0.2, 0) is 22.3 Å². The predicted octanol–water partition coefficient (Wildman–Crippen LogP) is 4.45. The van der Waals surface area contributed by atoms with Gasteiger partial charge in [0.15, 0.2) is 0 Å². The molecule has 9 nitrogen and oxygen atoms in total. The molecule has 4 N–H and O–H groups in total. The SMILES string of the molecule is O=C(C[C@@H]1C[C@H]2c3cc(NC(=O)Nc4ccc(C(F)(F)F)cc4)ccc3O[C@H]2[C@@H](CO)O1)NCc1cccnc1. The number of amides is 3. The zero-order valence-corrected chi connectivity index (χ0v) is 21.1. The van der Waals surface area contributed by atoms with Crippen molar-refractivity contribution < 1.29 is 37.3 Å². The number of nitrogens with zero attached hydrogens (tertiary/aromatic N) is 1. The summed E-state index contributed by atoms with van der Waals surface area (Å²) in [6.45, 7) is 0.0496. The highest BCUT2D eigenvalue weighted by Gasteiger charge is 2.46. The van der Waals surface area contributed by atoms with Gasteiger partial charge in [0, 0.05) is 41.8 Å². The minimum Gasteiger partial charge on any atom is -0.487 e. The summed E-state index contributed by atoms with van der Waals surface area (Å²) in [6, 6.07) is 12.2. The number of aliphatic hydroxyl groups excluding tert-OH is 1. The summed E-state index contributed by atoms with van der Waals surface area (Å²) in [5, 5.41) is 18.0. The molecule has 3 aromatic rings. The van der Waals surface area contributed by atoms with Crippen molar-refractivity contribution in [2.75, 3.05) is 17.2 Å². The molecule has 40 heavy (non-hydrogen) atoms. The molecular weight excluding hydrogens is 529 g/mol. The van der Waals surface area contributed by atoms with E-state index in [9.17, 15) is 27.9 Å². The van der Waals surface area contributed by atoms with Crippen LogP contribution in [0, 0.1) is 0 Å². The third-order valence-corrected chi connectivity index (χ3v) is 6.85. The number of benzene rings is 2. The monoisotopic (exact) mass is 556 g/mol. The Hall–Kier alpha value is -4.16. The van der Waals surface area contributed by atoms with Gasteiger partial charge in [-0.2, -0.15) is 13.2 Å². The summed E-state index contributed by atoms with van der Waals surface area (Å²) in [6.07, 6.45) is -2.12. The zero-order chi connectivity index (χ0) is 28.3. The number of carbonyl (C=O) groups excluding carboxylic acids is 2. The van der Waals surface area contributed by atoms with Crippen LogP contribution < -0.4 is 20.7 Å². The van der Waals surface area contributed by atoms with E-state index in [1.807, 2.05) is 6.07 Å². The Labute approximate surface area is 227 Å². The van der Waals surface area contributed by atoms with Gasteiger partial charge in [0.25, 0.3) is 0 Å². The topological polar surface area (TPSA) is 122 Å². The number of fused-ring (bicyclic) bond motifs is 3. The average Bonchev–Trinajstić information content (AvgIpc) is 3.30. The predicted molar refractivity (Wildman–Crippen MR) is 139 cm³/mol. The number of aromatic nitrogens is 1. The number of anilines is 2. The van der Waals surface area contributed by atoms with E-state index in [-0.39, 0.29) is 30.5 Å². The van der Waals surface area contributed by atoms with E-state index >= 15 is 0 Å². The quantitative estimate of drug-likeness (QED) is 0.341. The maximum absolute atomic E-state index is 12.8. The highest BCUT2D eigenvalue weighted by Crippen LogP contribution is 2.47. The van der Waals surface area contributed by atoms with Gasteiger partial charge in [-0.25, -0.2) is 4.79 Å². The van der Waals surface area contributed by atoms with Crippen molar-refractivity contribution in [1.82, 2.24) is 10.3 Å². The van der Waals surface area contributed by atoms with Gasteiger partial charge in [-0.3, -0.25) is 9.78 Å². The Balaban J connectivity index is 1.22. The molecule has 0 saturated carbocycles. The molecule has 0 unspecified atom stereocenters. The Bertz CT molecular complexity index is 1350. The lowest BCUT2D eigenvalue weighted by Crippen LogP contribution is -2.47. The van der Waals surface area contributed by atoms with E-state index in [0.717, 1.165) is 23.3 Å². The molecule has 12 heteroatoms. The molecule has 1 saturated heterocycles. The van der Waals surface area contributed by atoms with Crippen molar-refractivity contribution in [2.45, 2.75) is 49.8 Å². The second-order valence-electron chi connectivity index (χ2n) is 9.65. The number of hydrogen-bond donors (Lipinski definition) is 4. The second-order valence-corrected chi connectivity index (χ2v) is 9.65. The number of rotatable bonds is 7. The first-order valence-corrected chi connectivity index (χ1v) is 12.7. The number of ether oxygens (including phenoxy) is 2. The van der Waals surface area contributed by atoms with Crippen molar-refractivity contribution in [1.29, 1.82) is 0 Å². The molecule has 0 radical (unpaired) electrons. The van der Waals surface area contributed by atoms with Crippen LogP contribution in [-0.4, -0.2) is 46.9 Å². The number of aliphatic hydroxyl groups is 1. The van der Waals surface area contributed by atoms with Crippen molar-refractivity contribution in [3.05, 3.63) is 83.7 Å². The molecule has 5 rings (SSSR count). The van der Waals surface area contributed by atoms with Crippen LogP contribution in [0.3, 0.4) is 0 Å². The zero-order valence-electron chi connectivity index (χ0n) is 21.1. The van der Waals surface area contributed by atoms with E-state index < -0.39 is 36.1 Å². The first-order valence-electron chi connectivity index (χ1n) is 12.7. The molecule has 210 valence electrons. The Morgan fingerprint density at radius 2 is 1.80 bits per heavy atom. The standard InChI is InChI=1S/C28H27F3N4O5/c29-28(30,31)17-3-5-18(6-4-17)34-27(38)35-19-7-8-23-21(10-19)22-11-20(39-24(15-36)26(22)40-23)12-25(37)33-14-16-2-1-9-32-13-16/h1-10,13,20,22,24,26,36H,11-12,14-15H2,(H,33,37)(H2,34,35,38)/t20-,22-,24+,26+/m0/s1. The smallest absolute Gasteiger partial charge is 0.416 e. The highest BCUT2D eigenvalue weighted by molar-refractivity contribution is 5.99. The van der Waals surface area contributed by atoms with Gasteiger partial charge in [0.2, 0.25) is 5.91 Å². The van der Waals surface area contributed by atoms with Crippen molar-refractivity contribution in [2.24, 2.45) is 0 Å². The summed E-state index contributed by atoms with van der Waals surface area (Å²) in [5.41, 5.74) is 1.52. The van der Waals surface area contributed by atoms with E-state index in [1.165, 1.54) is 12.1 Å². The van der Waals surface area contributed by atoms with Crippen LogP contribution >= 0.6 is 0 Å². The largest absolute Gasteiger partial charge is 0.487 e. The molecule has 1 fully saturated rings. The molecule has 4 atom stereocenters. The van der Waals surface area contributed by atoms with Gasteiger partial charge in [-0.15, -0.1) is 0 Å². The summed E-state index contributed by atoms with van der Waals surface area (Å²) < 4.78 is 50.4. The molecule has 3 heterocycles. The lowest BCUT2D eigenvalue weighted by Gasteiger charge is -2.37. The van der Waals surface area contributed by atoms with Gasteiger partial charge < -0.3 is 30.5 Å². The molecular formula is C28H27F3N4O5. The van der Waals surface area contributed by atoms with Crippen LogP contribution in [0.4, 0.5) is 29.3 Å². The summed E-state index contributed by atoms with van der Waals surface area (Å²) in [5.74, 6) is 0.211. The Kier molecular flexibility index (Phi) is 7.90. The lowest BCUT2D eigenvalue weighted by molar-refractivity contribution is -0.142. The van der Waals surface area contributed by atoms with Gasteiger partial charge in [-0.05, 0) is 60.5 Å². The molecule has 0 aliphatic carbocycles. The number of pyridine rings is 1. The van der Waals surface area contributed by atoms with Crippen LogP contribution in [0.5, 0.6) is 5.75 Å². The molecule has 2 aromatic carbocycles. The molecule has 2 aliphatic heterocycles. The van der Waals surface area contributed by atoms with Crippen molar-refractivity contribution in [3.63, 3.8) is 0 Å².